The van der Waals surface area contributed by atoms with Gasteiger partial charge in [-0.1, -0.05) is 11.6 Å². The number of carbonyl (C=O) groups is 2. The standard InChI is InChI=1S/C17H17ClN2O3S/c18-11-3-4-14-12(7-11)13(8-15(20-14)10-1-2-10)17(23)19-5-6-24-9-16(21)22/h3-4,7-8,10H,1-2,5-6,9H2,(H,19,23)(H,21,22). The number of hydrogen-bond acceptors (Lipinski definition) is 4. The summed E-state index contributed by atoms with van der Waals surface area (Å²) in [6.45, 7) is 0.417. The van der Waals surface area contributed by atoms with E-state index in [-0.39, 0.29) is 11.7 Å². The summed E-state index contributed by atoms with van der Waals surface area (Å²) in [4.78, 5) is 27.7. The molecule has 0 aliphatic heterocycles. The maximum absolute atomic E-state index is 12.6. The zero-order valence-electron chi connectivity index (χ0n) is 12.9. The number of aromatic nitrogens is 1. The molecule has 0 radical (unpaired) electrons. The molecule has 1 aromatic heterocycles. The number of hydrogen-bond donors (Lipinski definition) is 2. The maximum Gasteiger partial charge on any atom is 0.313 e. The van der Waals surface area contributed by atoms with Crippen LogP contribution in [-0.2, 0) is 4.79 Å². The van der Waals surface area contributed by atoms with E-state index in [4.69, 9.17) is 16.7 Å². The molecular formula is C17H17ClN2O3S. The average molecular weight is 365 g/mol. The van der Waals surface area contributed by atoms with Gasteiger partial charge in [0.05, 0.1) is 16.8 Å². The van der Waals surface area contributed by atoms with Crippen LogP contribution in [0.4, 0.5) is 0 Å². The molecule has 0 spiro atoms. The summed E-state index contributed by atoms with van der Waals surface area (Å²) >= 11 is 7.34. The quantitative estimate of drug-likeness (QED) is 0.737. The van der Waals surface area contributed by atoms with Crippen molar-refractivity contribution in [3.63, 3.8) is 0 Å². The summed E-state index contributed by atoms with van der Waals surface area (Å²) in [7, 11) is 0. The van der Waals surface area contributed by atoms with Gasteiger partial charge in [0.1, 0.15) is 0 Å². The molecule has 1 heterocycles. The minimum Gasteiger partial charge on any atom is -0.481 e. The Balaban J connectivity index is 1.77. The Morgan fingerprint density at radius 3 is 2.83 bits per heavy atom. The first-order chi connectivity index (χ1) is 11.5. The molecule has 126 valence electrons. The van der Waals surface area contributed by atoms with E-state index < -0.39 is 5.97 Å². The van der Waals surface area contributed by atoms with Crippen LogP contribution in [-0.4, -0.2) is 40.0 Å². The number of halogens is 1. The van der Waals surface area contributed by atoms with Gasteiger partial charge in [0.15, 0.2) is 0 Å². The average Bonchev–Trinajstić information content (AvgIpc) is 3.38. The van der Waals surface area contributed by atoms with E-state index in [0.29, 0.717) is 28.8 Å². The minimum atomic E-state index is -0.852. The zero-order valence-corrected chi connectivity index (χ0v) is 14.5. The van der Waals surface area contributed by atoms with Crippen LogP contribution in [0.2, 0.25) is 5.02 Å². The van der Waals surface area contributed by atoms with E-state index in [2.05, 4.69) is 10.3 Å². The van der Waals surface area contributed by atoms with E-state index >= 15 is 0 Å². The number of thioether (sulfide) groups is 1. The van der Waals surface area contributed by atoms with E-state index in [9.17, 15) is 9.59 Å². The monoisotopic (exact) mass is 364 g/mol. The fourth-order valence-corrected chi connectivity index (χ4v) is 3.22. The Morgan fingerprint density at radius 1 is 1.33 bits per heavy atom. The van der Waals surface area contributed by atoms with Gasteiger partial charge < -0.3 is 10.4 Å². The van der Waals surface area contributed by atoms with Crippen molar-refractivity contribution in [2.45, 2.75) is 18.8 Å². The van der Waals surface area contributed by atoms with Crippen LogP contribution in [0.25, 0.3) is 10.9 Å². The molecule has 1 aromatic carbocycles. The van der Waals surface area contributed by atoms with Crippen molar-refractivity contribution >= 4 is 46.1 Å². The van der Waals surface area contributed by atoms with Crippen molar-refractivity contribution in [3.05, 3.63) is 40.5 Å². The van der Waals surface area contributed by atoms with Gasteiger partial charge in [-0.05, 0) is 37.1 Å². The lowest BCUT2D eigenvalue weighted by Gasteiger charge is -2.10. The highest BCUT2D eigenvalue weighted by Crippen LogP contribution is 2.40. The number of carboxylic acids is 1. The Morgan fingerprint density at radius 2 is 2.12 bits per heavy atom. The lowest BCUT2D eigenvalue weighted by atomic mass is 10.1. The first kappa shape index (κ1) is 17.0. The second kappa shape index (κ2) is 7.40. The number of amides is 1. The summed E-state index contributed by atoms with van der Waals surface area (Å²) < 4.78 is 0. The summed E-state index contributed by atoms with van der Waals surface area (Å²) in [5, 5.41) is 12.8. The third kappa shape index (κ3) is 4.19. The molecule has 0 saturated heterocycles. The number of benzene rings is 1. The SMILES string of the molecule is O=C(O)CSCCNC(=O)c1cc(C2CC2)nc2ccc(Cl)cc12. The highest BCUT2D eigenvalue weighted by atomic mass is 35.5. The van der Waals surface area contributed by atoms with Gasteiger partial charge in [-0.25, -0.2) is 0 Å². The molecule has 0 bridgehead atoms. The fourth-order valence-electron chi connectivity index (χ4n) is 2.49. The molecule has 2 N–H and O–H groups in total. The Kier molecular flexibility index (Phi) is 5.26. The van der Waals surface area contributed by atoms with Crippen molar-refractivity contribution in [3.8, 4) is 0 Å². The second-order valence-electron chi connectivity index (χ2n) is 5.73. The highest BCUT2D eigenvalue weighted by molar-refractivity contribution is 7.99. The molecule has 1 saturated carbocycles. The normalized spacial score (nSPS) is 13.9. The van der Waals surface area contributed by atoms with Crippen LogP contribution in [0.15, 0.2) is 24.3 Å². The predicted octanol–water partition coefficient (Wildman–Crippen LogP) is 3.31. The molecule has 2 aromatic rings. The number of carbonyl (C=O) groups excluding carboxylic acids is 1. The number of pyridine rings is 1. The zero-order chi connectivity index (χ0) is 17.1. The largest absolute Gasteiger partial charge is 0.481 e. The van der Waals surface area contributed by atoms with Crippen LogP contribution in [0.3, 0.4) is 0 Å². The van der Waals surface area contributed by atoms with Crippen molar-refractivity contribution in [1.82, 2.24) is 10.3 Å². The molecular weight excluding hydrogens is 348 g/mol. The summed E-state index contributed by atoms with van der Waals surface area (Å²) in [6, 6.07) is 7.23. The van der Waals surface area contributed by atoms with E-state index in [0.717, 1.165) is 29.4 Å². The lowest BCUT2D eigenvalue weighted by Crippen LogP contribution is -2.26. The van der Waals surface area contributed by atoms with Gasteiger partial charge in [-0.2, -0.15) is 0 Å². The van der Waals surface area contributed by atoms with Crippen molar-refractivity contribution in [1.29, 1.82) is 0 Å². The topological polar surface area (TPSA) is 79.3 Å². The molecule has 0 unspecified atom stereocenters. The fraction of sp³-hybridized carbons (Fsp3) is 0.353. The van der Waals surface area contributed by atoms with E-state index in [1.165, 1.54) is 11.8 Å². The molecule has 1 aliphatic carbocycles. The van der Waals surface area contributed by atoms with Gasteiger partial charge in [0, 0.05) is 34.3 Å². The van der Waals surface area contributed by atoms with Gasteiger partial charge in [-0.15, -0.1) is 11.8 Å². The van der Waals surface area contributed by atoms with Crippen LogP contribution in [0, 0.1) is 0 Å². The number of aliphatic carboxylic acids is 1. The van der Waals surface area contributed by atoms with Crippen LogP contribution < -0.4 is 5.32 Å². The smallest absolute Gasteiger partial charge is 0.313 e. The number of nitrogens with one attached hydrogen (secondary N) is 1. The first-order valence-corrected chi connectivity index (χ1v) is 9.26. The van der Waals surface area contributed by atoms with Gasteiger partial charge in [0.2, 0.25) is 0 Å². The molecule has 1 aliphatic rings. The Labute approximate surface area is 148 Å². The van der Waals surface area contributed by atoms with Crippen molar-refractivity contribution in [2.24, 2.45) is 0 Å². The number of nitrogens with zero attached hydrogens (tertiary/aromatic N) is 1. The first-order valence-electron chi connectivity index (χ1n) is 7.72. The number of fused-ring (bicyclic) bond motifs is 1. The van der Waals surface area contributed by atoms with Crippen LogP contribution in [0.5, 0.6) is 0 Å². The maximum atomic E-state index is 12.6. The summed E-state index contributed by atoms with van der Waals surface area (Å²) in [5.74, 6) is 0.00712. The molecule has 0 atom stereocenters. The molecule has 1 fully saturated rings. The lowest BCUT2D eigenvalue weighted by molar-refractivity contribution is -0.133. The molecule has 3 rings (SSSR count). The minimum absolute atomic E-state index is 0.0372. The highest BCUT2D eigenvalue weighted by Gasteiger charge is 2.27. The van der Waals surface area contributed by atoms with Crippen LogP contribution >= 0.6 is 23.4 Å². The number of carboxylic acid groups (broad SMARTS) is 1. The molecule has 5 nitrogen and oxygen atoms in total. The Bertz CT molecular complexity index is 793. The van der Waals surface area contributed by atoms with E-state index in [1.807, 2.05) is 12.1 Å². The summed E-state index contributed by atoms with van der Waals surface area (Å²) in [6.07, 6.45) is 2.22. The second-order valence-corrected chi connectivity index (χ2v) is 7.27. The van der Waals surface area contributed by atoms with Gasteiger partial charge >= 0.3 is 5.97 Å². The summed E-state index contributed by atoms with van der Waals surface area (Å²) in [5.41, 5.74) is 2.30. The number of rotatable bonds is 7. The van der Waals surface area contributed by atoms with Gasteiger partial charge in [0.25, 0.3) is 5.91 Å². The van der Waals surface area contributed by atoms with Crippen molar-refractivity contribution in [2.75, 3.05) is 18.1 Å². The molecule has 24 heavy (non-hydrogen) atoms. The predicted molar refractivity (Wildman–Crippen MR) is 96.0 cm³/mol. The molecule has 1 amide bonds. The van der Waals surface area contributed by atoms with Crippen LogP contribution in [0.1, 0.15) is 34.8 Å². The molecule has 7 heteroatoms. The Hall–Kier alpha value is -1.79. The third-order valence-electron chi connectivity index (χ3n) is 3.79. The van der Waals surface area contributed by atoms with Gasteiger partial charge in [-0.3, -0.25) is 14.6 Å². The van der Waals surface area contributed by atoms with E-state index in [1.54, 1.807) is 12.1 Å². The van der Waals surface area contributed by atoms with Crippen molar-refractivity contribution < 1.29 is 14.7 Å². The third-order valence-corrected chi connectivity index (χ3v) is 4.97.